The van der Waals surface area contributed by atoms with Crippen molar-refractivity contribution in [1.82, 2.24) is 0 Å². The summed E-state index contributed by atoms with van der Waals surface area (Å²) in [5, 5.41) is 0. The topological polar surface area (TPSA) is 0 Å². The quantitative estimate of drug-likeness (QED) is 0.558. The first kappa shape index (κ1) is 13.8. The van der Waals surface area contributed by atoms with Crippen molar-refractivity contribution in [3.8, 4) is 0 Å². The maximum atomic E-state index is 2.44. The predicted molar refractivity (Wildman–Crippen MR) is 64.9 cm³/mol. The van der Waals surface area contributed by atoms with Crippen LogP contribution in [0.2, 0.25) is 10.3 Å². The Morgan fingerprint density at radius 2 is 0.615 bits per heavy atom. The van der Waals surface area contributed by atoms with Crippen molar-refractivity contribution >= 4 is 19.8 Å². The third-order valence-electron chi connectivity index (χ3n) is 2.25. The molecule has 0 heterocycles. The average Bonchev–Trinajstić information content (AvgIpc) is 1.44. The molecule has 79 valence electrons. The molecule has 0 saturated carbocycles. The fourth-order valence-electron chi connectivity index (χ4n) is 3.38. The maximum absolute atomic E-state index is 2.44. The molecule has 0 spiro atoms. The Labute approximate surface area is 92.2 Å². The number of hydrogen-bond donors (Lipinski definition) is 0. The van der Waals surface area contributed by atoms with E-state index in [0.717, 1.165) is 0 Å². The van der Waals surface area contributed by atoms with Crippen LogP contribution in [0.1, 0.15) is 62.3 Å². The van der Waals surface area contributed by atoms with E-state index in [1.54, 1.807) is 0 Å². The summed E-state index contributed by atoms with van der Waals surface area (Å²) >= 11 is -1.43. The molecule has 1 radical (unpaired) electrons. The Kier molecular flexibility index (Phi) is 3.98. The van der Waals surface area contributed by atoms with Gasteiger partial charge in [0.1, 0.15) is 0 Å². The van der Waals surface area contributed by atoms with E-state index < -0.39 is 19.8 Å². The van der Waals surface area contributed by atoms with Crippen molar-refractivity contribution in [1.29, 1.82) is 0 Å². The molecule has 0 aromatic rings. The summed E-state index contributed by atoms with van der Waals surface area (Å²) in [6.45, 7) is 22.0. The first-order valence-corrected chi connectivity index (χ1v) is 9.53. The molecule has 0 fully saturated rings. The van der Waals surface area contributed by atoms with Crippen LogP contribution in [0.4, 0.5) is 0 Å². The van der Waals surface area contributed by atoms with E-state index in [9.17, 15) is 0 Å². The van der Waals surface area contributed by atoms with E-state index in [4.69, 9.17) is 0 Å². The van der Waals surface area contributed by atoms with Gasteiger partial charge < -0.3 is 0 Å². The second-order valence-corrected chi connectivity index (χ2v) is 22.1. The predicted octanol–water partition coefficient (Wildman–Crippen LogP) is 4.88. The van der Waals surface area contributed by atoms with Crippen LogP contribution >= 0.6 is 0 Å². The summed E-state index contributed by atoms with van der Waals surface area (Å²) in [5.74, 6) is 0. The van der Waals surface area contributed by atoms with Crippen molar-refractivity contribution in [3.63, 3.8) is 0 Å². The first-order valence-electron chi connectivity index (χ1n) is 5.25. The third kappa shape index (κ3) is 4.22. The van der Waals surface area contributed by atoms with Crippen LogP contribution in [-0.2, 0) is 0 Å². The van der Waals surface area contributed by atoms with Crippen molar-refractivity contribution in [2.75, 3.05) is 0 Å². The Balaban J connectivity index is 5.02. The van der Waals surface area contributed by atoms with E-state index in [1.165, 1.54) is 0 Å². The van der Waals surface area contributed by atoms with Gasteiger partial charge in [0.05, 0.1) is 0 Å². The molecule has 0 atom stereocenters. The minimum absolute atomic E-state index is 0.582. The minimum atomic E-state index is -1.43. The van der Waals surface area contributed by atoms with Gasteiger partial charge in [0.15, 0.2) is 0 Å². The van der Waals surface area contributed by atoms with E-state index in [1.807, 2.05) is 0 Å². The Hall–Kier alpha value is 0.799. The SMILES string of the molecule is C[C](C)(C)[Sn]([C](C)(C)C)[C](C)(C)C. The van der Waals surface area contributed by atoms with Gasteiger partial charge in [0.25, 0.3) is 0 Å². The zero-order valence-corrected chi connectivity index (χ0v) is 13.9. The van der Waals surface area contributed by atoms with Crippen molar-refractivity contribution in [2.24, 2.45) is 0 Å². The summed E-state index contributed by atoms with van der Waals surface area (Å²) in [6, 6.07) is 0. The van der Waals surface area contributed by atoms with Gasteiger partial charge in [-0.05, 0) is 0 Å². The van der Waals surface area contributed by atoms with Gasteiger partial charge in [0.2, 0.25) is 0 Å². The average molecular weight is 290 g/mol. The zero-order valence-electron chi connectivity index (χ0n) is 11.0. The van der Waals surface area contributed by atoms with Crippen LogP contribution < -0.4 is 0 Å². The van der Waals surface area contributed by atoms with Crippen molar-refractivity contribution < 1.29 is 0 Å². The molecule has 0 unspecified atom stereocenters. The van der Waals surface area contributed by atoms with Crippen LogP contribution in [-0.4, -0.2) is 19.8 Å². The molecule has 1 heteroatoms. The first-order chi connectivity index (χ1) is 5.37. The molecule has 0 aliphatic rings. The van der Waals surface area contributed by atoms with Gasteiger partial charge in [-0.2, -0.15) is 0 Å². The van der Waals surface area contributed by atoms with Crippen LogP contribution in [0.15, 0.2) is 0 Å². The van der Waals surface area contributed by atoms with E-state index in [2.05, 4.69) is 62.3 Å². The molecule has 0 aliphatic heterocycles. The van der Waals surface area contributed by atoms with E-state index in [-0.39, 0.29) is 0 Å². The summed E-state index contributed by atoms with van der Waals surface area (Å²) in [5.41, 5.74) is 0. The molecule has 0 aromatic heterocycles. The standard InChI is InChI=1S/3C4H9.Sn/c3*1-4(2)3;/h3*1-3H3;. The molecular formula is C12H27Sn. The molecule has 0 N–H and O–H groups in total. The Bertz CT molecular complexity index is 128. The number of rotatable bonds is 0. The fraction of sp³-hybridized carbons (Fsp3) is 1.00. The molecule has 13 heavy (non-hydrogen) atoms. The van der Waals surface area contributed by atoms with Gasteiger partial charge in [-0.1, -0.05) is 0 Å². The van der Waals surface area contributed by atoms with Gasteiger partial charge in [0, 0.05) is 0 Å². The van der Waals surface area contributed by atoms with Gasteiger partial charge in [-0.3, -0.25) is 0 Å². The summed E-state index contributed by atoms with van der Waals surface area (Å²) in [7, 11) is 0. The second kappa shape index (κ2) is 3.75. The van der Waals surface area contributed by atoms with Crippen LogP contribution in [0.5, 0.6) is 0 Å². The molecule has 0 aromatic carbocycles. The molecule has 0 saturated heterocycles. The summed E-state index contributed by atoms with van der Waals surface area (Å²) in [4.78, 5) is 0. The van der Waals surface area contributed by atoms with Gasteiger partial charge in [-0.15, -0.1) is 0 Å². The summed E-state index contributed by atoms with van der Waals surface area (Å²) in [6.07, 6.45) is 0. The molecule has 0 rings (SSSR count). The van der Waals surface area contributed by atoms with Gasteiger partial charge in [-0.25, -0.2) is 0 Å². The molecular weight excluding hydrogens is 263 g/mol. The second-order valence-electron chi connectivity index (χ2n) is 7.12. The van der Waals surface area contributed by atoms with Crippen LogP contribution in [0.3, 0.4) is 0 Å². The van der Waals surface area contributed by atoms with E-state index in [0.29, 0.717) is 10.3 Å². The molecule has 0 bridgehead atoms. The van der Waals surface area contributed by atoms with Crippen LogP contribution in [0, 0.1) is 0 Å². The van der Waals surface area contributed by atoms with Crippen molar-refractivity contribution in [3.05, 3.63) is 0 Å². The third-order valence-corrected chi connectivity index (χ3v) is 15.1. The van der Waals surface area contributed by atoms with Crippen molar-refractivity contribution in [2.45, 2.75) is 72.6 Å². The fourth-order valence-corrected chi connectivity index (χ4v) is 22.6. The monoisotopic (exact) mass is 291 g/mol. The summed E-state index contributed by atoms with van der Waals surface area (Å²) < 4.78 is 1.75. The molecule has 0 nitrogen and oxygen atoms in total. The van der Waals surface area contributed by atoms with Gasteiger partial charge >= 0.3 is 92.4 Å². The Morgan fingerprint density at radius 1 is 0.462 bits per heavy atom. The number of hydrogen-bond acceptors (Lipinski definition) is 0. The zero-order chi connectivity index (χ0) is 11.1. The van der Waals surface area contributed by atoms with Crippen LogP contribution in [0.25, 0.3) is 0 Å². The van der Waals surface area contributed by atoms with E-state index >= 15 is 0 Å². The molecule has 0 aliphatic carbocycles. The Morgan fingerprint density at radius 3 is 0.615 bits per heavy atom. The molecule has 0 amide bonds. The normalized spacial score (nSPS) is 15.2.